The molecule has 0 bridgehead atoms. The normalized spacial score (nSPS) is 19.7. The zero-order valence-corrected chi connectivity index (χ0v) is 10.4. The molecule has 1 heterocycles. The van der Waals surface area contributed by atoms with Crippen molar-refractivity contribution in [3.05, 3.63) is 24.0 Å². The Morgan fingerprint density at radius 3 is 2.89 bits per heavy atom. The molecule has 0 saturated carbocycles. The van der Waals surface area contributed by atoms with Crippen molar-refractivity contribution in [2.75, 3.05) is 24.2 Å². The van der Waals surface area contributed by atoms with Crippen molar-refractivity contribution in [2.45, 2.75) is 25.3 Å². The molecule has 0 spiro atoms. The van der Waals surface area contributed by atoms with Crippen LogP contribution in [0, 0.1) is 5.82 Å². The minimum Gasteiger partial charge on any atom is -0.399 e. The van der Waals surface area contributed by atoms with Crippen LogP contribution in [0.15, 0.2) is 18.2 Å². The van der Waals surface area contributed by atoms with Crippen molar-refractivity contribution < 1.29 is 9.18 Å². The number of likely N-dealkylation sites (N-methyl/N-ethyl adjacent to an activating group) is 1. The van der Waals surface area contributed by atoms with E-state index in [0.29, 0.717) is 11.4 Å². The average Bonchev–Trinajstić information content (AvgIpc) is 2.36. The molecule has 0 aliphatic carbocycles. The SMILES string of the molecule is CNC(=O)C1CCCCN1c1cc(N)cc(F)c1. The van der Waals surface area contributed by atoms with Gasteiger partial charge in [-0.1, -0.05) is 0 Å². The fourth-order valence-electron chi connectivity index (χ4n) is 2.44. The monoisotopic (exact) mass is 251 g/mol. The number of anilines is 2. The van der Waals surface area contributed by atoms with E-state index in [0.717, 1.165) is 25.8 Å². The summed E-state index contributed by atoms with van der Waals surface area (Å²) in [7, 11) is 1.62. The van der Waals surface area contributed by atoms with Crippen LogP contribution in [0.25, 0.3) is 0 Å². The average molecular weight is 251 g/mol. The fourth-order valence-corrected chi connectivity index (χ4v) is 2.44. The Hall–Kier alpha value is -1.78. The molecule has 5 heteroatoms. The van der Waals surface area contributed by atoms with Crippen LogP contribution in [-0.2, 0) is 4.79 Å². The molecule has 2 rings (SSSR count). The van der Waals surface area contributed by atoms with E-state index >= 15 is 0 Å². The van der Waals surface area contributed by atoms with E-state index < -0.39 is 0 Å². The lowest BCUT2D eigenvalue weighted by Crippen LogP contribution is -2.48. The smallest absolute Gasteiger partial charge is 0.242 e. The Bertz CT molecular complexity index is 430. The predicted octanol–water partition coefficient (Wildman–Crippen LogP) is 1.51. The zero-order chi connectivity index (χ0) is 13.1. The molecular formula is C13H18FN3O. The van der Waals surface area contributed by atoms with Gasteiger partial charge < -0.3 is 16.0 Å². The summed E-state index contributed by atoms with van der Waals surface area (Å²) in [5, 5.41) is 2.66. The minimum absolute atomic E-state index is 0.0301. The molecule has 1 aromatic rings. The highest BCUT2D eigenvalue weighted by atomic mass is 19.1. The molecule has 1 unspecified atom stereocenters. The summed E-state index contributed by atoms with van der Waals surface area (Å²) in [4.78, 5) is 13.8. The van der Waals surface area contributed by atoms with E-state index in [-0.39, 0.29) is 17.8 Å². The third-order valence-electron chi connectivity index (χ3n) is 3.29. The van der Waals surface area contributed by atoms with Crippen LogP contribution in [0.2, 0.25) is 0 Å². The lowest BCUT2D eigenvalue weighted by atomic mass is 10.0. The van der Waals surface area contributed by atoms with Crippen LogP contribution >= 0.6 is 0 Å². The van der Waals surface area contributed by atoms with Crippen LogP contribution in [0.3, 0.4) is 0 Å². The summed E-state index contributed by atoms with van der Waals surface area (Å²) >= 11 is 0. The Morgan fingerprint density at radius 2 is 2.22 bits per heavy atom. The van der Waals surface area contributed by atoms with Gasteiger partial charge >= 0.3 is 0 Å². The number of carbonyl (C=O) groups is 1. The number of hydrogen-bond acceptors (Lipinski definition) is 3. The minimum atomic E-state index is -0.369. The first-order valence-electron chi connectivity index (χ1n) is 6.16. The number of benzene rings is 1. The maximum Gasteiger partial charge on any atom is 0.242 e. The van der Waals surface area contributed by atoms with Gasteiger partial charge in [0.2, 0.25) is 5.91 Å². The van der Waals surface area contributed by atoms with E-state index in [4.69, 9.17) is 5.73 Å². The molecule has 1 aliphatic heterocycles. The second-order valence-electron chi connectivity index (χ2n) is 4.56. The van der Waals surface area contributed by atoms with Gasteiger partial charge in [0.1, 0.15) is 11.9 Å². The van der Waals surface area contributed by atoms with E-state index in [1.807, 2.05) is 4.90 Å². The van der Waals surface area contributed by atoms with Gasteiger partial charge in [-0.05, 0) is 37.5 Å². The number of nitrogens with one attached hydrogen (secondary N) is 1. The number of nitrogen functional groups attached to an aromatic ring is 1. The van der Waals surface area contributed by atoms with Gasteiger partial charge in [-0.2, -0.15) is 0 Å². The molecular weight excluding hydrogens is 233 g/mol. The van der Waals surface area contributed by atoms with Gasteiger partial charge in [0, 0.05) is 25.0 Å². The first-order valence-corrected chi connectivity index (χ1v) is 6.16. The number of amides is 1. The third kappa shape index (κ3) is 2.55. The largest absolute Gasteiger partial charge is 0.399 e. The van der Waals surface area contributed by atoms with Crippen molar-refractivity contribution in [3.8, 4) is 0 Å². The fraction of sp³-hybridized carbons (Fsp3) is 0.462. The number of halogens is 1. The second kappa shape index (κ2) is 5.25. The Labute approximate surface area is 106 Å². The molecule has 1 aliphatic rings. The molecule has 1 atom stereocenters. The molecule has 1 amide bonds. The summed E-state index contributed by atoms with van der Waals surface area (Å²) in [5.41, 5.74) is 6.72. The number of hydrogen-bond donors (Lipinski definition) is 2. The first kappa shape index (κ1) is 12.7. The standard InChI is InChI=1S/C13H18FN3O/c1-16-13(18)12-4-2-3-5-17(12)11-7-9(14)6-10(15)8-11/h6-8,12H,2-5,15H2,1H3,(H,16,18). The van der Waals surface area contributed by atoms with Crippen LogP contribution in [0.4, 0.5) is 15.8 Å². The zero-order valence-electron chi connectivity index (χ0n) is 10.4. The van der Waals surface area contributed by atoms with Crippen molar-refractivity contribution in [3.63, 3.8) is 0 Å². The highest BCUT2D eigenvalue weighted by Crippen LogP contribution is 2.27. The molecule has 3 N–H and O–H groups in total. The molecule has 0 aromatic heterocycles. The summed E-state index contributed by atoms with van der Waals surface area (Å²) in [6.07, 6.45) is 2.80. The van der Waals surface area contributed by atoms with Gasteiger partial charge in [0.15, 0.2) is 0 Å². The van der Waals surface area contributed by atoms with Gasteiger partial charge in [0.05, 0.1) is 0 Å². The van der Waals surface area contributed by atoms with Crippen LogP contribution < -0.4 is 16.0 Å². The molecule has 18 heavy (non-hydrogen) atoms. The van der Waals surface area contributed by atoms with Gasteiger partial charge in [-0.15, -0.1) is 0 Å². The number of piperidine rings is 1. The Morgan fingerprint density at radius 1 is 1.44 bits per heavy atom. The highest BCUT2D eigenvalue weighted by Gasteiger charge is 2.28. The van der Waals surface area contributed by atoms with Crippen LogP contribution in [-0.4, -0.2) is 25.5 Å². The molecule has 0 radical (unpaired) electrons. The number of nitrogens with zero attached hydrogens (tertiary/aromatic N) is 1. The Kier molecular flexibility index (Phi) is 3.69. The van der Waals surface area contributed by atoms with Crippen LogP contribution in [0.1, 0.15) is 19.3 Å². The molecule has 98 valence electrons. The summed E-state index contributed by atoms with van der Waals surface area (Å²) in [6, 6.07) is 4.19. The van der Waals surface area contributed by atoms with Gasteiger partial charge in [0.25, 0.3) is 0 Å². The lowest BCUT2D eigenvalue weighted by Gasteiger charge is -2.36. The molecule has 1 fully saturated rings. The maximum atomic E-state index is 13.4. The maximum absolute atomic E-state index is 13.4. The molecule has 1 saturated heterocycles. The quantitative estimate of drug-likeness (QED) is 0.783. The van der Waals surface area contributed by atoms with Crippen LogP contribution in [0.5, 0.6) is 0 Å². The van der Waals surface area contributed by atoms with Gasteiger partial charge in [-0.25, -0.2) is 4.39 Å². The highest BCUT2D eigenvalue weighted by molar-refractivity contribution is 5.85. The van der Waals surface area contributed by atoms with Crippen molar-refractivity contribution >= 4 is 17.3 Å². The lowest BCUT2D eigenvalue weighted by molar-refractivity contribution is -0.122. The summed E-state index contributed by atoms with van der Waals surface area (Å²) in [6.45, 7) is 0.751. The summed E-state index contributed by atoms with van der Waals surface area (Å²) in [5.74, 6) is -0.399. The van der Waals surface area contributed by atoms with Crippen molar-refractivity contribution in [2.24, 2.45) is 0 Å². The van der Waals surface area contributed by atoms with E-state index in [1.54, 1.807) is 13.1 Å². The number of rotatable bonds is 2. The molecule has 4 nitrogen and oxygen atoms in total. The van der Waals surface area contributed by atoms with Gasteiger partial charge in [-0.3, -0.25) is 4.79 Å². The Balaban J connectivity index is 2.30. The molecule has 1 aromatic carbocycles. The van der Waals surface area contributed by atoms with E-state index in [9.17, 15) is 9.18 Å². The van der Waals surface area contributed by atoms with E-state index in [1.165, 1.54) is 12.1 Å². The van der Waals surface area contributed by atoms with E-state index in [2.05, 4.69) is 5.32 Å². The summed E-state index contributed by atoms with van der Waals surface area (Å²) < 4.78 is 13.4. The number of nitrogens with two attached hydrogens (primary N) is 1. The predicted molar refractivity (Wildman–Crippen MR) is 69.9 cm³/mol. The number of carbonyl (C=O) groups excluding carboxylic acids is 1. The van der Waals surface area contributed by atoms with Crippen molar-refractivity contribution in [1.82, 2.24) is 5.32 Å². The first-order chi connectivity index (χ1) is 8.61. The second-order valence-corrected chi connectivity index (χ2v) is 4.56. The van der Waals surface area contributed by atoms with Crippen molar-refractivity contribution in [1.29, 1.82) is 0 Å². The topological polar surface area (TPSA) is 58.4 Å². The third-order valence-corrected chi connectivity index (χ3v) is 3.29.